The highest BCUT2D eigenvalue weighted by molar-refractivity contribution is 6.99. The lowest BCUT2D eigenvalue weighted by atomic mass is 9.34. The molecule has 0 N–H and O–H groups in total. The van der Waals surface area contributed by atoms with Gasteiger partial charge in [-0.1, -0.05) is 91.0 Å². The second-order valence-corrected chi connectivity index (χ2v) is 9.77. The van der Waals surface area contributed by atoms with E-state index in [1.54, 1.807) is 0 Å². The van der Waals surface area contributed by atoms with Crippen molar-refractivity contribution >= 4 is 50.9 Å². The van der Waals surface area contributed by atoms with Gasteiger partial charge >= 0.3 is 0 Å². The van der Waals surface area contributed by atoms with Crippen LogP contribution in [0.25, 0.3) is 21.9 Å². The third kappa shape index (κ3) is 3.07. The molecular weight excluding hydrogens is 449 g/mol. The van der Waals surface area contributed by atoms with E-state index in [1.807, 2.05) is 0 Å². The van der Waals surface area contributed by atoms with Crippen LogP contribution in [0.15, 0.2) is 133 Å². The summed E-state index contributed by atoms with van der Waals surface area (Å²) in [7, 11) is 0. The van der Waals surface area contributed by atoms with Gasteiger partial charge in [0.1, 0.15) is 11.5 Å². The van der Waals surface area contributed by atoms with Crippen LogP contribution in [-0.4, -0.2) is 6.71 Å². The van der Waals surface area contributed by atoms with Crippen molar-refractivity contribution in [3.8, 4) is 22.6 Å². The molecule has 0 radical (unpaired) electrons. The van der Waals surface area contributed by atoms with E-state index in [0.29, 0.717) is 0 Å². The minimum absolute atomic E-state index is 0.122. The number of ether oxygens (including phenoxy) is 1. The highest BCUT2D eigenvalue weighted by Gasteiger charge is 2.41. The number of nitrogens with zero attached hydrogens (tertiary/aromatic N) is 1. The summed E-state index contributed by atoms with van der Waals surface area (Å²) in [5.41, 5.74) is 9.61. The fourth-order valence-electron chi connectivity index (χ4n) is 6.04. The Morgan fingerprint density at radius 2 is 1.22 bits per heavy atom. The molecule has 37 heavy (non-hydrogen) atoms. The van der Waals surface area contributed by atoms with Crippen molar-refractivity contribution in [1.29, 1.82) is 0 Å². The van der Waals surface area contributed by atoms with Crippen molar-refractivity contribution in [3.05, 3.63) is 133 Å². The average Bonchev–Trinajstić information content (AvgIpc) is 2.97. The van der Waals surface area contributed by atoms with Crippen LogP contribution in [0.5, 0.6) is 11.5 Å². The minimum atomic E-state index is 0.122. The van der Waals surface area contributed by atoms with Crippen molar-refractivity contribution < 1.29 is 4.74 Å². The minimum Gasteiger partial charge on any atom is -0.458 e. The Labute approximate surface area is 216 Å². The zero-order chi connectivity index (χ0) is 24.3. The third-order valence-corrected chi connectivity index (χ3v) is 7.69. The number of rotatable bonds is 2. The zero-order valence-corrected chi connectivity index (χ0v) is 20.1. The largest absolute Gasteiger partial charge is 0.458 e. The maximum atomic E-state index is 6.65. The van der Waals surface area contributed by atoms with Gasteiger partial charge in [-0.05, 0) is 80.8 Å². The summed E-state index contributed by atoms with van der Waals surface area (Å²) < 4.78 is 6.65. The summed E-state index contributed by atoms with van der Waals surface area (Å²) in [5.74, 6) is 1.87. The predicted molar refractivity (Wildman–Crippen MR) is 155 cm³/mol. The molecule has 0 aliphatic carbocycles. The van der Waals surface area contributed by atoms with Gasteiger partial charge in [-0.3, -0.25) is 0 Å². The molecule has 2 aliphatic heterocycles. The quantitative estimate of drug-likeness (QED) is 0.254. The SMILES string of the molecule is c1ccc(N2c3ccccc3B3c4ccccc4Oc4cc(-c5ccc6ccccc6c5)cc2c43)cc1. The van der Waals surface area contributed by atoms with Crippen LogP contribution in [0.3, 0.4) is 0 Å². The molecule has 6 aromatic carbocycles. The van der Waals surface area contributed by atoms with Gasteiger partial charge in [-0.25, -0.2) is 0 Å². The summed E-state index contributed by atoms with van der Waals surface area (Å²) in [4.78, 5) is 2.40. The van der Waals surface area contributed by atoms with Gasteiger partial charge in [0.05, 0.1) is 0 Å². The molecule has 172 valence electrons. The Kier molecular flexibility index (Phi) is 4.35. The molecule has 2 nitrogen and oxygen atoms in total. The van der Waals surface area contributed by atoms with Crippen LogP contribution in [0, 0.1) is 0 Å². The first-order chi connectivity index (χ1) is 18.3. The molecule has 0 aromatic heterocycles. The van der Waals surface area contributed by atoms with Gasteiger partial charge in [-0.2, -0.15) is 0 Å². The van der Waals surface area contributed by atoms with Crippen molar-refractivity contribution in [2.75, 3.05) is 4.90 Å². The van der Waals surface area contributed by atoms with Crippen molar-refractivity contribution in [3.63, 3.8) is 0 Å². The maximum Gasteiger partial charge on any atom is 0.256 e. The maximum absolute atomic E-state index is 6.65. The molecule has 0 unspecified atom stereocenters. The first-order valence-corrected chi connectivity index (χ1v) is 12.7. The predicted octanol–water partition coefficient (Wildman–Crippen LogP) is 6.91. The molecule has 0 amide bonds. The van der Waals surface area contributed by atoms with Crippen molar-refractivity contribution in [2.24, 2.45) is 0 Å². The lowest BCUT2D eigenvalue weighted by Crippen LogP contribution is -2.59. The molecule has 6 aromatic rings. The molecule has 8 rings (SSSR count). The number of hydrogen-bond acceptors (Lipinski definition) is 2. The summed E-state index contributed by atoms with van der Waals surface area (Å²) in [5, 5.41) is 2.48. The molecule has 0 saturated carbocycles. The molecular formula is C34H22BNO. The van der Waals surface area contributed by atoms with Gasteiger partial charge in [0.15, 0.2) is 0 Å². The highest BCUT2D eigenvalue weighted by Crippen LogP contribution is 2.42. The van der Waals surface area contributed by atoms with Crippen LogP contribution in [0.4, 0.5) is 17.1 Å². The Hall–Kier alpha value is -4.76. The van der Waals surface area contributed by atoms with Gasteiger partial charge < -0.3 is 9.64 Å². The van der Waals surface area contributed by atoms with Crippen LogP contribution in [0.2, 0.25) is 0 Å². The molecule has 0 saturated heterocycles. The lowest BCUT2D eigenvalue weighted by Gasteiger charge is -2.40. The Bertz CT molecular complexity index is 1830. The number of fused-ring (bicyclic) bond motifs is 5. The smallest absolute Gasteiger partial charge is 0.256 e. The van der Waals surface area contributed by atoms with E-state index in [4.69, 9.17) is 4.74 Å². The van der Waals surface area contributed by atoms with Gasteiger partial charge in [0, 0.05) is 17.1 Å². The van der Waals surface area contributed by atoms with Gasteiger partial charge in [0.25, 0.3) is 6.71 Å². The number of para-hydroxylation sites is 3. The van der Waals surface area contributed by atoms with E-state index in [0.717, 1.165) is 22.7 Å². The summed E-state index contributed by atoms with van der Waals surface area (Å²) in [6.45, 7) is 0.122. The van der Waals surface area contributed by atoms with Crippen LogP contribution in [0.1, 0.15) is 0 Å². The summed E-state index contributed by atoms with van der Waals surface area (Å²) >= 11 is 0. The molecule has 0 bridgehead atoms. The van der Waals surface area contributed by atoms with Crippen LogP contribution < -0.4 is 26.0 Å². The van der Waals surface area contributed by atoms with Gasteiger partial charge in [0.2, 0.25) is 0 Å². The monoisotopic (exact) mass is 471 g/mol. The summed E-state index contributed by atoms with van der Waals surface area (Å²) in [6, 6.07) is 47.7. The zero-order valence-electron chi connectivity index (χ0n) is 20.1. The second-order valence-electron chi connectivity index (χ2n) is 9.77. The van der Waals surface area contributed by atoms with Crippen LogP contribution >= 0.6 is 0 Å². The second kappa shape index (κ2) is 7.87. The number of benzene rings is 6. The van der Waals surface area contributed by atoms with Crippen molar-refractivity contribution in [1.82, 2.24) is 0 Å². The first-order valence-electron chi connectivity index (χ1n) is 12.7. The van der Waals surface area contributed by atoms with E-state index < -0.39 is 0 Å². The molecule has 3 heteroatoms. The third-order valence-electron chi connectivity index (χ3n) is 7.69. The topological polar surface area (TPSA) is 12.5 Å². The van der Waals surface area contributed by atoms with Gasteiger partial charge in [-0.15, -0.1) is 0 Å². The Balaban J connectivity index is 1.44. The van der Waals surface area contributed by atoms with E-state index in [-0.39, 0.29) is 6.71 Å². The van der Waals surface area contributed by atoms with Crippen LogP contribution in [-0.2, 0) is 0 Å². The lowest BCUT2D eigenvalue weighted by molar-refractivity contribution is 0.488. The standard InChI is InChI=1S/C34H22BNO/c1-2-12-27(13-3-1)36-30-16-8-6-14-28(30)35-29-15-7-9-17-32(29)37-33-22-26(21-31(36)34(33)35)25-19-18-23-10-4-5-11-24(23)20-25/h1-22H. The van der Waals surface area contributed by atoms with E-state index in [1.165, 1.54) is 44.1 Å². The normalized spacial score (nSPS) is 13.0. The molecule has 2 heterocycles. The van der Waals surface area contributed by atoms with E-state index >= 15 is 0 Å². The summed E-state index contributed by atoms with van der Waals surface area (Å²) in [6.07, 6.45) is 0. The fourth-order valence-corrected chi connectivity index (χ4v) is 6.04. The number of hydrogen-bond donors (Lipinski definition) is 0. The van der Waals surface area contributed by atoms with E-state index in [2.05, 4.69) is 138 Å². The van der Waals surface area contributed by atoms with Crippen molar-refractivity contribution in [2.45, 2.75) is 0 Å². The highest BCUT2D eigenvalue weighted by atomic mass is 16.5. The molecule has 0 atom stereocenters. The van der Waals surface area contributed by atoms with E-state index in [9.17, 15) is 0 Å². The first kappa shape index (κ1) is 20.4. The Morgan fingerprint density at radius 1 is 0.486 bits per heavy atom. The Morgan fingerprint density at radius 3 is 2.11 bits per heavy atom. The molecule has 0 spiro atoms. The average molecular weight is 471 g/mol. The molecule has 2 aliphatic rings. The molecule has 0 fully saturated rings. The fraction of sp³-hybridized carbons (Fsp3) is 0. The number of anilines is 3.